The molecule has 0 saturated carbocycles. The summed E-state index contributed by atoms with van der Waals surface area (Å²) in [7, 11) is -0.389. The molecular formula is C12H25OSi. The normalized spacial score (nSPS) is 21.0. The number of hydrogen-bond acceptors (Lipinski definition) is 1. The van der Waals surface area contributed by atoms with E-state index >= 15 is 0 Å². The third-order valence-electron chi connectivity index (χ3n) is 3.22. The highest BCUT2D eigenvalue weighted by Crippen LogP contribution is 2.24. The first kappa shape index (κ1) is 12.2. The molecule has 0 aromatic heterocycles. The van der Waals surface area contributed by atoms with Gasteiger partial charge in [-0.15, -0.1) is 0 Å². The van der Waals surface area contributed by atoms with Crippen molar-refractivity contribution in [2.45, 2.75) is 64.5 Å². The zero-order chi connectivity index (χ0) is 10.2. The molecule has 0 bridgehead atoms. The largest absolute Gasteiger partial charge is 0.417 e. The highest BCUT2D eigenvalue weighted by Gasteiger charge is 2.20. The second kappa shape index (κ2) is 7.47. The Balaban J connectivity index is 2.16. The molecule has 1 fully saturated rings. The number of hydrogen-bond donors (Lipinski definition) is 0. The van der Waals surface area contributed by atoms with Crippen LogP contribution in [0.4, 0.5) is 0 Å². The molecule has 83 valence electrons. The third-order valence-corrected chi connectivity index (χ3v) is 5.77. The molecular weight excluding hydrogens is 188 g/mol. The molecule has 14 heavy (non-hydrogen) atoms. The van der Waals surface area contributed by atoms with Gasteiger partial charge in [0.15, 0.2) is 0 Å². The van der Waals surface area contributed by atoms with Crippen molar-refractivity contribution < 1.29 is 4.43 Å². The minimum Gasteiger partial charge on any atom is -0.417 e. The van der Waals surface area contributed by atoms with Gasteiger partial charge in [-0.3, -0.25) is 0 Å². The van der Waals surface area contributed by atoms with Crippen LogP contribution in [0.5, 0.6) is 0 Å². The summed E-state index contributed by atoms with van der Waals surface area (Å²) in [6, 6.07) is 2.83. The van der Waals surface area contributed by atoms with Crippen molar-refractivity contribution in [3.8, 4) is 0 Å². The third kappa shape index (κ3) is 4.60. The summed E-state index contributed by atoms with van der Waals surface area (Å²) in [4.78, 5) is 0. The minimum atomic E-state index is -0.389. The molecule has 1 atom stereocenters. The fourth-order valence-corrected chi connectivity index (χ4v) is 4.82. The van der Waals surface area contributed by atoms with Crippen LogP contribution in [0.25, 0.3) is 0 Å². The van der Waals surface area contributed by atoms with Gasteiger partial charge in [0.1, 0.15) is 0 Å². The van der Waals surface area contributed by atoms with Gasteiger partial charge >= 0.3 is 0 Å². The van der Waals surface area contributed by atoms with Crippen molar-refractivity contribution >= 4 is 9.04 Å². The van der Waals surface area contributed by atoms with Gasteiger partial charge in [-0.05, 0) is 24.4 Å². The molecule has 1 aliphatic heterocycles. The SMILES string of the molecule is CCCCC(CC)C[Si]1CCCCO1. The molecule has 2 heteroatoms. The van der Waals surface area contributed by atoms with Crippen LogP contribution >= 0.6 is 0 Å². The molecule has 1 saturated heterocycles. The van der Waals surface area contributed by atoms with Crippen molar-refractivity contribution in [1.29, 1.82) is 0 Å². The van der Waals surface area contributed by atoms with E-state index in [0.29, 0.717) is 0 Å². The molecule has 0 aromatic rings. The van der Waals surface area contributed by atoms with Gasteiger partial charge in [0.25, 0.3) is 0 Å². The van der Waals surface area contributed by atoms with Crippen molar-refractivity contribution in [3.05, 3.63) is 0 Å². The maximum atomic E-state index is 5.89. The van der Waals surface area contributed by atoms with Crippen LogP contribution in [-0.4, -0.2) is 15.6 Å². The smallest absolute Gasteiger partial charge is 0.211 e. The van der Waals surface area contributed by atoms with Crippen molar-refractivity contribution in [3.63, 3.8) is 0 Å². The van der Waals surface area contributed by atoms with E-state index < -0.39 is 0 Å². The predicted octanol–water partition coefficient (Wildman–Crippen LogP) is 4.00. The highest BCUT2D eigenvalue weighted by molar-refractivity contribution is 6.52. The van der Waals surface area contributed by atoms with Crippen LogP contribution < -0.4 is 0 Å². The molecule has 1 rings (SSSR count). The van der Waals surface area contributed by atoms with E-state index in [-0.39, 0.29) is 9.04 Å². The fourth-order valence-electron chi connectivity index (χ4n) is 2.14. The van der Waals surface area contributed by atoms with E-state index in [2.05, 4.69) is 13.8 Å². The molecule has 1 heterocycles. The standard InChI is InChI=1S/C12H25OSi/c1-3-5-8-12(4-2)11-14-10-7-6-9-13-14/h12H,3-11H2,1-2H3. The Hall–Kier alpha value is 0.177. The molecule has 0 aliphatic carbocycles. The van der Waals surface area contributed by atoms with Gasteiger partial charge in [0.05, 0.1) is 0 Å². The monoisotopic (exact) mass is 213 g/mol. The molecule has 1 nitrogen and oxygen atoms in total. The Kier molecular flexibility index (Phi) is 6.53. The first-order valence-electron chi connectivity index (χ1n) is 6.34. The average Bonchev–Trinajstić information content (AvgIpc) is 2.25. The second-order valence-electron chi connectivity index (χ2n) is 4.46. The number of rotatable bonds is 6. The number of unbranched alkanes of at least 4 members (excludes halogenated alkanes) is 1. The molecule has 0 spiro atoms. The van der Waals surface area contributed by atoms with Crippen molar-refractivity contribution in [2.75, 3.05) is 6.61 Å². The van der Waals surface area contributed by atoms with Gasteiger partial charge in [-0.25, -0.2) is 0 Å². The van der Waals surface area contributed by atoms with E-state index in [1.165, 1.54) is 50.6 Å². The van der Waals surface area contributed by atoms with Crippen LogP contribution in [0.1, 0.15) is 52.4 Å². The summed E-state index contributed by atoms with van der Waals surface area (Å²) in [6.45, 7) is 5.68. The lowest BCUT2D eigenvalue weighted by Crippen LogP contribution is -2.25. The lowest BCUT2D eigenvalue weighted by Gasteiger charge is -2.24. The molecule has 1 unspecified atom stereocenters. The second-order valence-corrected chi connectivity index (χ2v) is 6.74. The van der Waals surface area contributed by atoms with Gasteiger partial charge in [0, 0.05) is 6.61 Å². The van der Waals surface area contributed by atoms with Crippen molar-refractivity contribution in [2.24, 2.45) is 5.92 Å². The van der Waals surface area contributed by atoms with E-state index in [0.717, 1.165) is 12.5 Å². The first-order chi connectivity index (χ1) is 6.86. The Morgan fingerprint density at radius 2 is 2.14 bits per heavy atom. The molecule has 1 aliphatic rings. The lowest BCUT2D eigenvalue weighted by molar-refractivity contribution is 0.279. The zero-order valence-corrected chi connectivity index (χ0v) is 10.8. The highest BCUT2D eigenvalue weighted by atomic mass is 28.3. The van der Waals surface area contributed by atoms with Crippen LogP contribution in [0, 0.1) is 5.92 Å². The first-order valence-corrected chi connectivity index (χ1v) is 8.16. The predicted molar refractivity (Wildman–Crippen MR) is 63.9 cm³/mol. The van der Waals surface area contributed by atoms with E-state index in [9.17, 15) is 0 Å². The van der Waals surface area contributed by atoms with E-state index in [1.807, 2.05) is 0 Å². The van der Waals surface area contributed by atoms with Crippen LogP contribution in [-0.2, 0) is 4.43 Å². The maximum Gasteiger partial charge on any atom is 0.211 e. The Morgan fingerprint density at radius 1 is 1.29 bits per heavy atom. The molecule has 1 radical (unpaired) electrons. The quantitative estimate of drug-likeness (QED) is 0.606. The van der Waals surface area contributed by atoms with Gasteiger partial charge in [0.2, 0.25) is 9.04 Å². The summed E-state index contributed by atoms with van der Waals surface area (Å²) in [6.07, 6.45) is 8.29. The Labute approximate surface area is 91.0 Å². The van der Waals surface area contributed by atoms with Crippen LogP contribution in [0.3, 0.4) is 0 Å². The summed E-state index contributed by atoms with van der Waals surface area (Å²) in [5, 5.41) is 0. The Morgan fingerprint density at radius 3 is 2.71 bits per heavy atom. The zero-order valence-electron chi connectivity index (χ0n) is 9.85. The summed E-state index contributed by atoms with van der Waals surface area (Å²) in [5.74, 6) is 0.960. The molecule has 0 amide bonds. The van der Waals surface area contributed by atoms with Crippen LogP contribution in [0.15, 0.2) is 0 Å². The molecule has 0 aromatic carbocycles. The average molecular weight is 213 g/mol. The van der Waals surface area contributed by atoms with Gasteiger partial charge in [-0.1, -0.05) is 46.0 Å². The van der Waals surface area contributed by atoms with Crippen LogP contribution in [0.2, 0.25) is 12.1 Å². The van der Waals surface area contributed by atoms with E-state index in [1.54, 1.807) is 0 Å². The summed E-state index contributed by atoms with van der Waals surface area (Å²) >= 11 is 0. The lowest BCUT2D eigenvalue weighted by atomic mass is 10.0. The van der Waals surface area contributed by atoms with Gasteiger partial charge < -0.3 is 4.43 Å². The van der Waals surface area contributed by atoms with Crippen molar-refractivity contribution in [1.82, 2.24) is 0 Å². The molecule has 0 N–H and O–H groups in total. The minimum absolute atomic E-state index is 0.389. The van der Waals surface area contributed by atoms with E-state index in [4.69, 9.17) is 4.43 Å². The topological polar surface area (TPSA) is 9.23 Å². The fraction of sp³-hybridized carbons (Fsp3) is 1.00. The Bertz CT molecular complexity index is 132. The summed E-state index contributed by atoms with van der Waals surface area (Å²) in [5.41, 5.74) is 0. The summed E-state index contributed by atoms with van der Waals surface area (Å²) < 4.78 is 5.89. The van der Waals surface area contributed by atoms with Gasteiger partial charge in [-0.2, -0.15) is 0 Å². The maximum absolute atomic E-state index is 5.89.